The molecule has 2 fully saturated rings. The molecule has 1 aromatic rings. The molecule has 0 aromatic heterocycles. The quantitative estimate of drug-likeness (QED) is 0.838. The Labute approximate surface area is 125 Å². The van der Waals surface area contributed by atoms with E-state index in [1.165, 1.54) is 12.5 Å². The lowest BCUT2D eigenvalue weighted by atomic mass is 10.1. The topological polar surface area (TPSA) is 28.1 Å². The SMILES string of the molecule is CN1CCCCC1=Nc1cc(F)ccc1N1CCOCC1. The Morgan fingerprint density at radius 3 is 2.71 bits per heavy atom. The summed E-state index contributed by atoms with van der Waals surface area (Å²) < 4.78 is 19.0. The van der Waals surface area contributed by atoms with Crippen LogP contribution in [0.25, 0.3) is 0 Å². The Bertz CT molecular complexity index is 526. The summed E-state index contributed by atoms with van der Waals surface area (Å²) in [5, 5.41) is 0. The molecule has 2 saturated heterocycles. The number of aliphatic imine (C=N–C) groups is 1. The fraction of sp³-hybridized carbons (Fsp3) is 0.562. The van der Waals surface area contributed by atoms with Crippen LogP contribution in [0.2, 0.25) is 0 Å². The number of ether oxygens (including phenoxy) is 1. The average Bonchev–Trinajstić information content (AvgIpc) is 2.51. The zero-order chi connectivity index (χ0) is 14.7. The number of halogens is 1. The van der Waals surface area contributed by atoms with Crippen LogP contribution in [0.3, 0.4) is 0 Å². The number of anilines is 1. The van der Waals surface area contributed by atoms with Crippen LogP contribution in [0.15, 0.2) is 23.2 Å². The summed E-state index contributed by atoms with van der Waals surface area (Å²) in [4.78, 5) is 9.16. The molecule has 0 N–H and O–H groups in total. The van der Waals surface area contributed by atoms with E-state index in [2.05, 4.69) is 16.8 Å². The summed E-state index contributed by atoms with van der Waals surface area (Å²) in [6, 6.07) is 4.89. The first-order chi connectivity index (χ1) is 10.2. The molecule has 114 valence electrons. The summed E-state index contributed by atoms with van der Waals surface area (Å²) in [6.07, 6.45) is 3.33. The molecule has 2 heterocycles. The predicted molar refractivity (Wildman–Crippen MR) is 83.0 cm³/mol. The molecule has 0 atom stereocenters. The molecular weight excluding hydrogens is 269 g/mol. The van der Waals surface area contributed by atoms with Gasteiger partial charge < -0.3 is 14.5 Å². The van der Waals surface area contributed by atoms with Crippen LogP contribution < -0.4 is 4.90 Å². The lowest BCUT2D eigenvalue weighted by Gasteiger charge is -2.31. The molecule has 0 amide bonds. The van der Waals surface area contributed by atoms with E-state index in [1.807, 2.05) is 6.07 Å². The molecule has 0 spiro atoms. The van der Waals surface area contributed by atoms with Crippen molar-refractivity contribution in [3.63, 3.8) is 0 Å². The first-order valence-corrected chi connectivity index (χ1v) is 7.65. The van der Waals surface area contributed by atoms with Gasteiger partial charge in [-0.25, -0.2) is 9.38 Å². The lowest BCUT2D eigenvalue weighted by Crippen LogP contribution is -2.36. The van der Waals surface area contributed by atoms with Crippen molar-refractivity contribution in [2.75, 3.05) is 44.8 Å². The average molecular weight is 291 g/mol. The highest BCUT2D eigenvalue weighted by Crippen LogP contribution is 2.31. The van der Waals surface area contributed by atoms with Crippen molar-refractivity contribution >= 4 is 17.2 Å². The van der Waals surface area contributed by atoms with E-state index < -0.39 is 0 Å². The zero-order valence-corrected chi connectivity index (χ0v) is 12.5. The van der Waals surface area contributed by atoms with Gasteiger partial charge in [-0.15, -0.1) is 0 Å². The normalized spacial score (nSPS) is 21.9. The molecular formula is C16H22FN3O. The monoisotopic (exact) mass is 291 g/mol. The highest BCUT2D eigenvalue weighted by molar-refractivity contribution is 5.87. The van der Waals surface area contributed by atoms with Crippen LogP contribution in [0, 0.1) is 5.82 Å². The van der Waals surface area contributed by atoms with E-state index >= 15 is 0 Å². The summed E-state index contributed by atoms with van der Waals surface area (Å²) >= 11 is 0. The molecule has 21 heavy (non-hydrogen) atoms. The largest absolute Gasteiger partial charge is 0.378 e. The van der Waals surface area contributed by atoms with Gasteiger partial charge >= 0.3 is 0 Å². The maximum Gasteiger partial charge on any atom is 0.125 e. The molecule has 5 heteroatoms. The van der Waals surface area contributed by atoms with Crippen LogP contribution in [-0.2, 0) is 4.74 Å². The number of amidine groups is 1. The minimum absolute atomic E-state index is 0.232. The van der Waals surface area contributed by atoms with Crippen LogP contribution in [-0.4, -0.2) is 50.6 Å². The van der Waals surface area contributed by atoms with Gasteiger partial charge in [-0.2, -0.15) is 0 Å². The zero-order valence-electron chi connectivity index (χ0n) is 12.5. The Hall–Kier alpha value is -1.62. The molecule has 0 unspecified atom stereocenters. The fourth-order valence-electron chi connectivity index (χ4n) is 2.89. The number of hydrogen-bond acceptors (Lipinski definition) is 3. The highest BCUT2D eigenvalue weighted by atomic mass is 19.1. The van der Waals surface area contributed by atoms with Gasteiger partial charge in [0.15, 0.2) is 0 Å². The van der Waals surface area contributed by atoms with Gasteiger partial charge in [-0.3, -0.25) is 0 Å². The van der Waals surface area contributed by atoms with Crippen molar-refractivity contribution in [1.29, 1.82) is 0 Å². The Kier molecular flexibility index (Phi) is 4.39. The smallest absolute Gasteiger partial charge is 0.125 e. The molecule has 0 saturated carbocycles. The minimum atomic E-state index is -0.232. The maximum absolute atomic E-state index is 13.6. The van der Waals surface area contributed by atoms with Crippen LogP contribution >= 0.6 is 0 Å². The number of likely N-dealkylation sites (tertiary alicyclic amines) is 1. The predicted octanol–water partition coefficient (Wildman–Crippen LogP) is 2.81. The number of piperidine rings is 1. The third-order valence-electron chi connectivity index (χ3n) is 4.12. The number of hydrogen-bond donors (Lipinski definition) is 0. The standard InChI is InChI=1S/C16H22FN3O/c1-19-7-3-2-4-16(19)18-14-12-13(17)5-6-15(14)20-8-10-21-11-9-20/h5-6,12H,2-4,7-11H2,1H3. The van der Waals surface area contributed by atoms with Crippen molar-refractivity contribution < 1.29 is 9.13 Å². The second-order valence-corrected chi connectivity index (χ2v) is 5.64. The first-order valence-electron chi connectivity index (χ1n) is 7.65. The van der Waals surface area contributed by atoms with Gasteiger partial charge in [0, 0.05) is 39.2 Å². The van der Waals surface area contributed by atoms with Crippen LogP contribution in [0.5, 0.6) is 0 Å². The second-order valence-electron chi connectivity index (χ2n) is 5.64. The molecule has 1 aromatic carbocycles. The molecule has 3 rings (SSSR count). The molecule has 4 nitrogen and oxygen atoms in total. The molecule has 0 bridgehead atoms. The van der Waals surface area contributed by atoms with E-state index in [4.69, 9.17) is 9.73 Å². The van der Waals surface area contributed by atoms with Crippen molar-refractivity contribution in [2.45, 2.75) is 19.3 Å². The lowest BCUT2D eigenvalue weighted by molar-refractivity contribution is 0.123. The van der Waals surface area contributed by atoms with Gasteiger partial charge in [0.05, 0.1) is 24.6 Å². The maximum atomic E-state index is 13.6. The van der Waals surface area contributed by atoms with E-state index in [0.717, 1.165) is 49.7 Å². The minimum Gasteiger partial charge on any atom is -0.378 e. The third-order valence-corrected chi connectivity index (χ3v) is 4.12. The fourth-order valence-corrected chi connectivity index (χ4v) is 2.89. The summed E-state index contributed by atoms with van der Waals surface area (Å²) in [5.41, 5.74) is 1.74. The van der Waals surface area contributed by atoms with Crippen molar-refractivity contribution in [1.82, 2.24) is 4.90 Å². The van der Waals surface area contributed by atoms with Gasteiger partial charge in [0.2, 0.25) is 0 Å². The first kappa shape index (κ1) is 14.3. The van der Waals surface area contributed by atoms with E-state index in [0.29, 0.717) is 13.2 Å². The Morgan fingerprint density at radius 2 is 1.95 bits per heavy atom. The Balaban J connectivity index is 1.92. The van der Waals surface area contributed by atoms with E-state index in [-0.39, 0.29) is 5.82 Å². The van der Waals surface area contributed by atoms with Crippen LogP contribution in [0.1, 0.15) is 19.3 Å². The summed E-state index contributed by atoms with van der Waals surface area (Å²) in [6.45, 7) is 4.13. The van der Waals surface area contributed by atoms with Gasteiger partial charge in [-0.1, -0.05) is 0 Å². The van der Waals surface area contributed by atoms with E-state index in [1.54, 1.807) is 6.07 Å². The summed E-state index contributed by atoms with van der Waals surface area (Å²) in [7, 11) is 2.06. The summed E-state index contributed by atoms with van der Waals surface area (Å²) in [5.74, 6) is 0.825. The van der Waals surface area contributed by atoms with Crippen molar-refractivity contribution in [2.24, 2.45) is 4.99 Å². The van der Waals surface area contributed by atoms with Crippen molar-refractivity contribution in [3.05, 3.63) is 24.0 Å². The molecule has 0 aliphatic carbocycles. The number of morpholine rings is 1. The number of nitrogens with zero attached hydrogens (tertiary/aromatic N) is 3. The van der Waals surface area contributed by atoms with Gasteiger partial charge in [-0.05, 0) is 25.0 Å². The van der Waals surface area contributed by atoms with E-state index in [9.17, 15) is 4.39 Å². The highest BCUT2D eigenvalue weighted by Gasteiger charge is 2.17. The molecule has 2 aliphatic heterocycles. The van der Waals surface area contributed by atoms with Gasteiger partial charge in [0.25, 0.3) is 0 Å². The van der Waals surface area contributed by atoms with Gasteiger partial charge in [0.1, 0.15) is 11.7 Å². The third kappa shape index (κ3) is 3.35. The van der Waals surface area contributed by atoms with Crippen LogP contribution in [0.4, 0.5) is 15.8 Å². The second kappa shape index (κ2) is 6.43. The van der Waals surface area contributed by atoms with Crippen molar-refractivity contribution in [3.8, 4) is 0 Å². The molecule has 0 radical (unpaired) electrons. The molecule has 2 aliphatic rings. The Morgan fingerprint density at radius 1 is 1.14 bits per heavy atom. The number of benzene rings is 1. The number of rotatable bonds is 2.